The third-order valence-electron chi connectivity index (χ3n) is 3.18. The molecule has 0 aliphatic heterocycles. The van der Waals surface area contributed by atoms with Crippen LogP contribution in [-0.4, -0.2) is 9.55 Å². The smallest absolute Gasteiger partial charge is 0.0991 e. The number of nitrogens with one attached hydrogen (secondary N) is 1. The molecule has 0 aliphatic rings. The van der Waals surface area contributed by atoms with Crippen molar-refractivity contribution in [1.29, 1.82) is 0 Å². The molecule has 0 aliphatic carbocycles. The third kappa shape index (κ3) is 3.20. The number of imidazole rings is 1. The van der Waals surface area contributed by atoms with E-state index in [1.54, 1.807) is 12.5 Å². The fourth-order valence-corrected chi connectivity index (χ4v) is 2.61. The van der Waals surface area contributed by atoms with Crippen LogP contribution < -0.4 is 5.32 Å². The molecule has 0 unspecified atom stereocenters. The van der Waals surface area contributed by atoms with Gasteiger partial charge in [0.1, 0.15) is 0 Å². The second-order valence-corrected chi connectivity index (χ2v) is 5.39. The highest BCUT2D eigenvalue weighted by Crippen LogP contribution is 2.25. The summed E-state index contributed by atoms with van der Waals surface area (Å²) in [4.78, 5) is 4.05. The average Bonchev–Trinajstić information content (AvgIpc) is 3.01. The second kappa shape index (κ2) is 6.20. The van der Waals surface area contributed by atoms with Crippen molar-refractivity contribution in [3.05, 3.63) is 76.8 Å². The quantitative estimate of drug-likeness (QED) is 0.749. The van der Waals surface area contributed by atoms with Gasteiger partial charge >= 0.3 is 0 Å². The van der Waals surface area contributed by atoms with Crippen LogP contribution in [0.4, 0.5) is 5.69 Å². The molecule has 1 aromatic heterocycles. The van der Waals surface area contributed by atoms with E-state index in [0.717, 1.165) is 16.9 Å². The Morgan fingerprint density at radius 2 is 1.81 bits per heavy atom. The van der Waals surface area contributed by atoms with Crippen LogP contribution in [0.5, 0.6) is 0 Å². The Kier molecular flexibility index (Phi) is 4.13. The molecule has 0 saturated carbocycles. The van der Waals surface area contributed by atoms with Gasteiger partial charge in [0, 0.05) is 45.9 Å². The fraction of sp³-hybridized carbons (Fsp3) is 0.0625. The van der Waals surface area contributed by atoms with Gasteiger partial charge in [-0.2, -0.15) is 0 Å². The Bertz CT molecular complexity index is 719. The molecule has 0 saturated heterocycles. The minimum absolute atomic E-state index is 0.575. The highest BCUT2D eigenvalue weighted by molar-refractivity contribution is 6.36. The standard InChI is InChI=1S/C16H13Cl2N3/c17-15-5-2-6-16(18)14(15)10-20-12-3-1-4-13(9-12)21-8-7-19-11-21/h1-9,11,20H,10H2. The molecular weight excluding hydrogens is 305 g/mol. The minimum atomic E-state index is 0.575. The summed E-state index contributed by atoms with van der Waals surface area (Å²) in [5.41, 5.74) is 2.94. The van der Waals surface area contributed by atoms with Crippen LogP contribution in [0.2, 0.25) is 10.0 Å². The van der Waals surface area contributed by atoms with Gasteiger partial charge in [-0.05, 0) is 30.3 Å². The number of benzene rings is 2. The highest BCUT2D eigenvalue weighted by Gasteiger charge is 2.05. The largest absolute Gasteiger partial charge is 0.381 e. The van der Waals surface area contributed by atoms with Gasteiger partial charge in [-0.3, -0.25) is 0 Å². The Hall–Kier alpha value is -1.97. The Morgan fingerprint density at radius 1 is 1.05 bits per heavy atom. The summed E-state index contributed by atoms with van der Waals surface area (Å²) in [6.07, 6.45) is 5.43. The molecule has 0 radical (unpaired) electrons. The Morgan fingerprint density at radius 3 is 2.52 bits per heavy atom. The first-order chi connectivity index (χ1) is 10.2. The first-order valence-corrected chi connectivity index (χ1v) is 7.25. The zero-order chi connectivity index (χ0) is 14.7. The predicted molar refractivity (Wildman–Crippen MR) is 87.4 cm³/mol. The van der Waals surface area contributed by atoms with Crippen molar-refractivity contribution < 1.29 is 0 Å². The van der Waals surface area contributed by atoms with Crippen molar-refractivity contribution in [2.45, 2.75) is 6.54 Å². The molecule has 5 heteroatoms. The summed E-state index contributed by atoms with van der Waals surface area (Å²) in [6.45, 7) is 0.575. The summed E-state index contributed by atoms with van der Waals surface area (Å²) in [6, 6.07) is 13.6. The lowest BCUT2D eigenvalue weighted by atomic mass is 10.2. The molecule has 0 spiro atoms. The van der Waals surface area contributed by atoms with E-state index in [2.05, 4.69) is 10.3 Å². The molecule has 3 nitrogen and oxygen atoms in total. The van der Waals surface area contributed by atoms with Crippen molar-refractivity contribution in [2.24, 2.45) is 0 Å². The molecule has 3 aromatic rings. The maximum absolute atomic E-state index is 6.17. The van der Waals surface area contributed by atoms with Gasteiger partial charge < -0.3 is 9.88 Å². The van der Waals surface area contributed by atoms with Crippen LogP contribution in [0.25, 0.3) is 5.69 Å². The van der Waals surface area contributed by atoms with Crippen molar-refractivity contribution in [3.8, 4) is 5.69 Å². The lowest BCUT2D eigenvalue weighted by molar-refractivity contribution is 1.05. The molecule has 2 aromatic carbocycles. The van der Waals surface area contributed by atoms with Gasteiger partial charge in [0.2, 0.25) is 0 Å². The lowest BCUT2D eigenvalue weighted by Gasteiger charge is -2.11. The van der Waals surface area contributed by atoms with Crippen molar-refractivity contribution in [1.82, 2.24) is 9.55 Å². The third-order valence-corrected chi connectivity index (χ3v) is 3.89. The van der Waals surface area contributed by atoms with Gasteiger partial charge in [0.05, 0.1) is 6.33 Å². The predicted octanol–water partition coefficient (Wildman–Crippen LogP) is 4.79. The molecule has 0 atom stereocenters. The van der Waals surface area contributed by atoms with E-state index >= 15 is 0 Å². The summed E-state index contributed by atoms with van der Waals surface area (Å²) >= 11 is 12.3. The fourth-order valence-electron chi connectivity index (χ4n) is 2.08. The lowest BCUT2D eigenvalue weighted by Crippen LogP contribution is -2.01. The Balaban J connectivity index is 1.78. The van der Waals surface area contributed by atoms with Crippen molar-refractivity contribution in [2.75, 3.05) is 5.32 Å². The number of aromatic nitrogens is 2. The van der Waals surface area contributed by atoms with E-state index in [4.69, 9.17) is 23.2 Å². The van der Waals surface area contributed by atoms with Crippen molar-refractivity contribution >= 4 is 28.9 Å². The molecule has 106 valence electrons. The molecule has 1 heterocycles. The summed E-state index contributed by atoms with van der Waals surface area (Å²) in [5.74, 6) is 0. The topological polar surface area (TPSA) is 29.9 Å². The molecule has 1 N–H and O–H groups in total. The van der Waals surface area contributed by atoms with E-state index in [1.807, 2.05) is 53.2 Å². The van der Waals surface area contributed by atoms with Crippen LogP contribution in [0.3, 0.4) is 0 Å². The molecule has 0 fully saturated rings. The van der Waals surface area contributed by atoms with E-state index in [9.17, 15) is 0 Å². The number of hydrogen-bond donors (Lipinski definition) is 1. The van der Waals surface area contributed by atoms with Crippen LogP contribution in [-0.2, 0) is 6.54 Å². The zero-order valence-electron chi connectivity index (χ0n) is 11.1. The number of anilines is 1. The highest BCUT2D eigenvalue weighted by atomic mass is 35.5. The maximum atomic E-state index is 6.17. The summed E-state index contributed by atoms with van der Waals surface area (Å²) in [7, 11) is 0. The molecule has 3 rings (SSSR count). The van der Waals surface area contributed by atoms with Gasteiger partial charge in [-0.1, -0.05) is 35.3 Å². The first-order valence-electron chi connectivity index (χ1n) is 6.49. The van der Waals surface area contributed by atoms with E-state index in [1.165, 1.54) is 0 Å². The molecule has 0 bridgehead atoms. The van der Waals surface area contributed by atoms with E-state index in [-0.39, 0.29) is 0 Å². The van der Waals surface area contributed by atoms with Crippen molar-refractivity contribution in [3.63, 3.8) is 0 Å². The molecule has 21 heavy (non-hydrogen) atoms. The molecular formula is C16H13Cl2N3. The second-order valence-electron chi connectivity index (χ2n) is 4.57. The summed E-state index contributed by atoms with van der Waals surface area (Å²) < 4.78 is 1.95. The van der Waals surface area contributed by atoms with Gasteiger partial charge in [0.25, 0.3) is 0 Å². The average molecular weight is 318 g/mol. The minimum Gasteiger partial charge on any atom is -0.381 e. The van der Waals surface area contributed by atoms with E-state index in [0.29, 0.717) is 16.6 Å². The van der Waals surface area contributed by atoms with Crippen LogP contribution in [0.15, 0.2) is 61.2 Å². The monoisotopic (exact) mass is 317 g/mol. The summed E-state index contributed by atoms with van der Waals surface area (Å²) in [5, 5.41) is 4.68. The number of halogens is 2. The van der Waals surface area contributed by atoms with Gasteiger partial charge in [-0.15, -0.1) is 0 Å². The zero-order valence-corrected chi connectivity index (χ0v) is 12.6. The first kappa shape index (κ1) is 14.0. The van der Waals surface area contributed by atoms with Crippen LogP contribution in [0.1, 0.15) is 5.56 Å². The van der Waals surface area contributed by atoms with Crippen LogP contribution in [0, 0.1) is 0 Å². The van der Waals surface area contributed by atoms with Gasteiger partial charge in [-0.25, -0.2) is 4.98 Å². The maximum Gasteiger partial charge on any atom is 0.0991 e. The van der Waals surface area contributed by atoms with Crippen LogP contribution >= 0.6 is 23.2 Å². The SMILES string of the molecule is Clc1cccc(Cl)c1CNc1cccc(-n2ccnc2)c1. The Labute approximate surface area is 133 Å². The van der Waals surface area contributed by atoms with E-state index < -0.39 is 0 Å². The normalized spacial score (nSPS) is 10.6. The number of nitrogens with zero attached hydrogens (tertiary/aromatic N) is 2. The number of rotatable bonds is 4. The molecule has 0 amide bonds. The van der Waals surface area contributed by atoms with Gasteiger partial charge in [0.15, 0.2) is 0 Å². The number of hydrogen-bond acceptors (Lipinski definition) is 2.